The van der Waals surface area contributed by atoms with E-state index in [9.17, 15) is 5.26 Å². The SMILES string of the molecule is N#Cc1cc(-c2nc(-c3ccccc3)nc(-c3cccc(-c4ccccc4)c3)n2)ccc1-n1c2ccccc2c2ccc3oc4cc5c(cc4c3c21)C(c1ccccc1)c1ccccc1-5. The minimum atomic E-state index is 0.0886. The molecule has 6 nitrogen and oxygen atoms in total. The van der Waals surface area contributed by atoms with Crippen molar-refractivity contribution in [1.82, 2.24) is 19.5 Å². The first-order valence-electron chi connectivity index (χ1n) is 21.8. The molecular weight excluding hydrogens is 795 g/mol. The Morgan fingerprint density at radius 2 is 1.09 bits per heavy atom. The van der Waals surface area contributed by atoms with Gasteiger partial charge in [0.1, 0.15) is 17.2 Å². The predicted octanol–water partition coefficient (Wildman–Crippen LogP) is 14.6. The second kappa shape index (κ2) is 14.6. The van der Waals surface area contributed by atoms with Gasteiger partial charge in [-0.3, -0.25) is 0 Å². The molecule has 302 valence electrons. The number of rotatable bonds is 6. The predicted molar refractivity (Wildman–Crippen MR) is 261 cm³/mol. The molecule has 1 atom stereocenters. The van der Waals surface area contributed by atoms with Crippen LogP contribution in [-0.2, 0) is 0 Å². The van der Waals surface area contributed by atoms with Crippen LogP contribution in [0.1, 0.15) is 28.2 Å². The first-order valence-corrected chi connectivity index (χ1v) is 21.8. The number of hydrogen-bond acceptors (Lipinski definition) is 5. The van der Waals surface area contributed by atoms with Crippen LogP contribution in [0.5, 0.6) is 0 Å². The van der Waals surface area contributed by atoms with Crippen LogP contribution in [0.4, 0.5) is 0 Å². The lowest BCUT2D eigenvalue weighted by molar-refractivity contribution is 0.669. The molecule has 9 aromatic carbocycles. The lowest BCUT2D eigenvalue weighted by Gasteiger charge is -2.14. The minimum Gasteiger partial charge on any atom is -0.456 e. The number of aromatic nitrogens is 4. The monoisotopic (exact) mass is 829 g/mol. The third kappa shape index (κ3) is 5.84. The normalized spacial score (nSPS) is 13.1. The highest BCUT2D eigenvalue weighted by molar-refractivity contribution is 6.25. The van der Waals surface area contributed by atoms with Crippen molar-refractivity contribution in [2.24, 2.45) is 0 Å². The van der Waals surface area contributed by atoms with Gasteiger partial charge in [0.2, 0.25) is 0 Å². The molecule has 0 amide bonds. The Labute approximate surface area is 374 Å². The van der Waals surface area contributed by atoms with Crippen molar-refractivity contribution in [2.45, 2.75) is 5.92 Å². The highest BCUT2D eigenvalue weighted by atomic mass is 16.3. The van der Waals surface area contributed by atoms with E-state index in [1.165, 1.54) is 27.8 Å². The van der Waals surface area contributed by atoms with Crippen LogP contribution in [-0.4, -0.2) is 19.5 Å². The smallest absolute Gasteiger partial charge is 0.164 e. The third-order valence-electron chi connectivity index (χ3n) is 13.0. The topological polar surface area (TPSA) is 80.5 Å². The molecule has 0 fully saturated rings. The molecule has 0 radical (unpaired) electrons. The molecule has 65 heavy (non-hydrogen) atoms. The van der Waals surface area contributed by atoms with Crippen molar-refractivity contribution in [3.63, 3.8) is 0 Å². The first-order chi connectivity index (χ1) is 32.2. The van der Waals surface area contributed by atoms with Gasteiger partial charge >= 0.3 is 0 Å². The molecule has 0 bridgehead atoms. The number of para-hydroxylation sites is 1. The fraction of sp³-hybridized carbons (Fsp3) is 0.0169. The van der Waals surface area contributed by atoms with E-state index in [0.29, 0.717) is 28.6 Å². The molecule has 0 saturated carbocycles. The van der Waals surface area contributed by atoms with Crippen molar-refractivity contribution in [3.05, 3.63) is 229 Å². The molecule has 13 rings (SSSR count). The Morgan fingerprint density at radius 1 is 0.446 bits per heavy atom. The Balaban J connectivity index is 1.01. The fourth-order valence-electron chi connectivity index (χ4n) is 10.0. The van der Waals surface area contributed by atoms with Gasteiger partial charge < -0.3 is 8.98 Å². The van der Waals surface area contributed by atoms with E-state index < -0.39 is 0 Å². The van der Waals surface area contributed by atoms with Gasteiger partial charge in [-0.05, 0) is 93.5 Å². The molecule has 0 saturated heterocycles. The van der Waals surface area contributed by atoms with Crippen LogP contribution in [0.15, 0.2) is 211 Å². The van der Waals surface area contributed by atoms with Crippen molar-refractivity contribution < 1.29 is 4.42 Å². The summed E-state index contributed by atoms with van der Waals surface area (Å²) in [5.41, 5.74) is 15.7. The first kappa shape index (κ1) is 36.7. The third-order valence-corrected chi connectivity index (χ3v) is 13.0. The molecule has 0 spiro atoms. The number of nitriles is 1. The summed E-state index contributed by atoms with van der Waals surface area (Å²) in [6.07, 6.45) is 0. The van der Waals surface area contributed by atoms with Crippen molar-refractivity contribution in [2.75, 3.05) is 0 Å². The maximum absolute atomic E-state index is 11.1. The fourth-order valence-corrected chi connectivity index (χ4v) is 10.0. The Morgan fingerprint density at radius 3 is 1.88 bits per heavy atom. The Hall–Kier alpha value is -8.92. The average molecular weight is 830 g/mol. The molecule has 1 aliphatic rings. The van der Waals surface area contributed by atoms with Gasteiger partial charge in [-0.25, -0.2) is 15.0 Å². The summed E-state index contributed by atoms with van der Waals surface area (Å²) in [7, 11) is 0. The Bertz CT molecular complexity index is 3900. The van der Waals surface area contributed by atoms with Gasteiger partial charge in [-0.1, -0.05) is 152 Å². The lowest BCUT2D eigenvalue weighted by atomic mass is 9.89. The second-order valence-electron chi connectivity index (χ2n) is 16.6. The summed E-state index contributed by atoms with van der Waals surface area (Å²) in [4.78, 5) is 15.1. The van der Waals surface area contributed by atoms with E-state index in [1.807, 2.05) is 78.9 Å². The molecule has 1 unspecified atom stereocenters. The van der Waals surface area contributed by atoms with E-state index >= 15 is 0 Å². The summed E-state index contributed by atoms with van der Waals surface area (Å²) in [6, 6.07) is 73.8. The molecule has 3 heterocycles. The standard InChI is InChI=1S/C59H35N5O/c60-35-42-32-41(59-62-57(38-19-8-3-9-20-38)61-58(63-59)40-22-14-21-39(31-40)36-15-4-1-5-16-36)27-29-50(42)64-51-26-13-12-24-44(51)46-28-30-52-55(56(46)64)49-33-48-47(34-53(49)65-52)43-23-10-11-25-45(43)54(48)37-17-6-2-7-18-37/h1-34,54H. The highest BCUT2D eigenvalue weighted by Gasteiger charge is 2.32. The van der Waals surface area contributed by atoms with Gasteiger partial charge in [0.05, 0.1) is 27.7 Å². The molecule has 12 aromatic rings. The largest absolute Gasteiger partial charge is 0.456 e. The van der Waals surface area contributed by atoms with E-state index in [0.717, 1.165) is 71.7 Å². The molecular formula is C59H35N5O. The van der Waals surface area contributed by atoms with Crippen LogP contribution in [0.25, 0.3) is 106 Å². The van der Waals surface area contributed by atoms with E-state index in [-0.39, 0.29) is 5.92 Å². The number of fused-ring (bicyclic) bond motifs is 10. The van der Waals surface area contributed by atoms with Crippen LogP contribution in [0.2, 0.25) is 0 Å². The summed E-state index contributed by atoms with van der Waals surface area (Å²) in [6.45, 7) is 0. The summed E-state index contributed by atoms with van der Waals surface area (Å²) in [5, 5.41) is 15.3. The quantitative estimate of drug-likeness (QED) is 0.167. The van der Waals surface area contributed by atoms with E-state index in [4.69, 9.17) is 19.4 Å². The summed E-state index contributed by atoms with van der Waals surface area (Å²) < 4.78 is 9.03. The van der Waals surface area contributed by atoms with Gasteiger partial charge in [0.15, 0.2) is 17.5 Å². The molecule has 6 heteroatoms. The van der Waals surface area contributed by atoms with Gasteiger partial charge in [0.25, 0.3) is 0 Å². The van der Waals surface area contributed by atoms with Crippen LogP contribution in [0.3, 0.4) is 0 Å². The summed E-state index contributed by atoms with van der Waals surface area (Å²) in [5.74, 6) is 1.68. The number of hydrogen-bond donors (Lipinski definition) is 0. The van der Waals surface area contributed by atoms with E-state index in [1.54, 1.807) is 0 Å². The minimum absolute atomic E-state index is 0.0886. The molecule has 0 N–H and O–H groups in total. The van der Waals surface area contributed by atoms with Gasteiger partial charge in [0, 0.05) is 38.8 Å². The maximum atomic E-state index is 11.1. The van der Waals surface area contributed by atoms with Crippen molar-refractivity contribution in [1.29, 1.82) is 5.26 Å². The van der Waals surface area contributed by atoms with Crippen LogP contribution in [0, 0.1) is 11.3 Å². The van der Waals surface area contributed by atoms with Crippen molar-refractivity contribution >= 4 is 43.7 Å². The zero-order valence-electron chi connectivity index (χ0n) is 34.9. The van der Waals surface area contributed by atoms with Gasteiger partial charge in [-0.15, -0.1) is 0 Å². The number of nitrogens with zero attached hydrogens (tertiary/aromatic N) is 5. The lowest BCUT2D eigenvalue weighted by Crippen LogP contribution is -2.02. The molecule has 3 aromatic heterocycles. The highest BCUT2D eigenvalue weighted by Crippen LogP contribution is 2.51. The zero-order valence-corrected chi connectivity index (χ0v) is 34.9. The van der Waals surface area contributed by atoms with Gasteiger partial charge in [-0.2, -0.15) is 5.26 Å². The van der Waals surface area contributed by atoms with Crippen LogP contribution < -0.4 is 0 Å². The van der Waals surface area contributed by atoms with E-state index in [2.05, 4.69) is 138 Å². The molecule has 0 aliphatic heterocycles. The number of furan rings is 1. The average Bonchev–Trinajstić information content (AvgIpc) is 4.03. The number of benzene rings is 9. The molecule has 1 aliphatic carbocycles. The summed E-state index contributed by atoms with van der Waals surface area (Å²) >= 11 is 0. The second-order valence-corrected chi connectivity index (χ2v) is 16.6. The maximum Gasteiger partial charge on any atom is 0.164 e. The zero-order chi connectivity index (χ0) is 43.0. The van der Waals surface area contributed by atoms with Crippen LogP contribution >= 0.6 is 0 Å². The Kier molecular flexibility index (Phi) is 8.24. The van der Waals surface area contributed by atoms with Crippen molar-refractivity contribution in [3.8, 4) is 68.2 Å².